The van der Waals surface area contributed by atoms with Gasteiger partial charge in [-0.2, -0.15) is 0 Å². The van der Waals surface area contributed by atoms with Crippen molar-refractivity contribution in [3.05, 3.63) is 17.7 Å². The van der Waals surface area contributed by atoms with Gasteiger partial charge in [-0.1, -0.05) is 19.8 Å². The van der Waals surface area contributed by atoms with Crippen molar-refractivity contribution >= 4 is 5.78 Å². The summed E-state index contributed by atoms with van der Waals surface area (Å²) in [6.45, 7) is 2.25. The third-order valence-corrected chi connectivity index (χ3v) is 4.36. The summed E-state index contributed by atoms with van der Waals surface area (Å²) in [5, 5.41) is 0. The number of carbonyl (C=O) groups excluding carboxylic acids is 1. The van der Waals surface area contributed by atoms with E-state index in [-0.39, 0.29) is 11.7 Å². The van der Waals surface area contributed by atoms with E-state index in [4.69, 9.17) is 14.2 Å². The Kier molecular flexibility index (Phi) is 5.10. The largest absolute Gasteiger partial charge is 0.496 e. The van der Waals surface area contributed by atoms with Gasteiger partial charge in [0.25, 0.3) is 0 Å². The van der Waals surface area contributed by atoms with Crippen molar-refractivity contribution in [1.82, 2.24) is 0 Å². The van der Waals surface area contributed by atoms with Crippen molar-refractivity contribution in [1.29, 1.82) is 0 Å². The quantitative estimate of drug-likeness (QED) is 0.776. The molecule has 0 amide bonds. The Balaban J connectivity index is 2.31. The minimum atomic E-state index is 0.0909. The van der Waals surface area contributed by atoms with Crippen LogP contribution in [0.3, 0.4) is 0 Å². The number of carbonyl (C=O) groups is 1. The molecule has 0 atom stereocenters. The summed E-state index contributed by atoms with van der Waals surface area (Å²) in [6.07, 6.45) is 4.15. The van der Waals surface area contributed by atoms with Crippen molar-refractivity contribution < 1.29 is 19.0 Å². The molecule has 1 fully saturated rings. The van der Waals surface area contributed by atoms with E-state index < -0.39 is 0 Å². The first-order valence-electron chi connectivity index (χ1n) is 7.44. The highest BCUT2D eigenvalue weighted by molar-refractivity contribution is 6.01. The minimum Gasteiger partial charge on any atom is -0.496 e. The van der Waals surface area contributed by atoms with Gasteiger partial charge in [-0.25, -0.2) is 0 Å². The van der Waals surface area contributed by atoms with Gasteiger partial charge in [0.15, 0.2) is 17.3 Å². The van der Waals surface area contributed by atoms with E-state index in [1.807, 2.05) is 0 Å². The van der Waals surface area contributed by atoms with E-state index in [9.17, 15) is 4.79 Å². The number of Topliss-reactive ketones (excluding diaryl/α,β-unsaturated/α-hetero) is 1. The molecule has 0 bridgehead atoms. The molecule has 0 N–H and O–H groups in total. The smallest absolute Gasteiger partial charge is 0.169 e. The van der Waals surface area contributed by atoms with E-state index in [1.165, 1.54) is 0 Å². The third-order valence-electron chi connectivity index (χ3n) is 4.36. The maximum Gasteiger partial charge on any atom is 0.169 e. The zero-order chi connectivity index (χ0) is 15.4. The van der Waals surface area contributed by atoms with Gasteiger partial charge in [0.1, 0.15) is 5.75 Å². The van der Waals surface area contributed by atoms with Crippen molar-refractivity contribution in [3.63, 3.8) is 0 Å². The molecular weight excluding hydrogens is 268 g/mol. The average molecular weight is 292 g/mol. The number of ketones is 1. The van der Waals surface area contributed by atoms with Gasteiger partial charge >= 0.3 is 0 Å². The first-order valence-corrected chi connectivity index (χ1v) is 7.44. The summed E-state index contributed by atoms with van der Waals surface area (Å²) in [5.41, 5.74) is 0.592. The second-order valence-corrected chi connectivity index (χ2v) is 5.73. The van der Waals surface area contributed by atoms with Crippen molar-refractivity contribution in [3.8, 4) is 17.2 Å². The molecule has 116 valence electrons. The molecule has 21 heavy (non-hydrogen) atoms. The number of rotatable bonds is 5. The average Bonchev–Trinajstić information content (AvgIpc) is 2.53. The summed E-state index contributed by atoms with van der Waals surface area (Å²) in [5.74, 6) is 2.65. The van der Waals surface area contributed by atoms with Crippen LogP contribution in [0.4, 0.5) is 0 Å². The topological polar surface area (TPSA) is 44.8 Å². The zero-order valence-corrected chi connectivity index (χ0v) is 13.3. The zero-order valence-electron chi connectivity index (χ0n) is 13.3. The molecule has 1 saturated carbocycles. The summed E-state index contributed by atoms with van der Waals surface area (Å²) in [4.78, 5) is 12.8. The van der Waals surface area contributed by atoms with E-state index in [0.29, 0.717) is 22.8 Å². The summed E-state index contributed by atoms with van der Waals surface area (Å²) >= 11 is 0. The molecule has 2 rings (SSSR count). The third kappa shape index (κ3) is 3.31. The Morgan fingerprint density at radius 3 is 1.95 bits per heavy atom. The molecule has 0 aromatic heterocycles. The molecular formula is C17H24O4. The van der Waals surface area contributed by atoms with E-state index >= 15 is 0 Å². The summed E-state index contributed by atoms with van der Waals surface area (Å²) in [7, 11) is 4.71. The Hall–Kier alpha value is -1.71. The Bertz CT molecular complexity index is 502. The van der Waals surface area contributed by atoms with Crippen LogP contribution in [0.5, 0.6) is 17.2 Å². The summed E-state index contributed by atoms with van der Waals surface area (Å²) < 4.78 is 15.9. The van der Waals surface area contributed by atoms with Gasteiger partial charge in [0, 0.05) is 12.0 Å². The maximum absolute atomic E-state index is 12.8. The first kappa shape index (κ1) is 15.7. The molecule has 0 saturated heterocycles. The highest BCUT2D eigenvalue weighted by Crippen LogP contribution is 2.38. The minimum absolute atomic E-state index is 0.0909. The number of benzene rings is 1. The number of methoxy groups -OCH3 is 3. The fraction of sp³-hybridized carbons (Fsp3) is 0.588. The lowest BCUT2D eigenvalue weighted by Gasteiger charge is -2.25. The molecule has 0 aliphatic heterocycles. The SMILES string of the molecule is COc1cc(OC)c(C(=O)C2CCC(C)CC2)cc1OC. The van der Waals surface area contributed by atoms with Crippen LogP contribution < -0.4 is 14.2 Å². The van der Waals surface area contributed by atoms with Gasteiger partial charge < -0.3 is 14.2 Å². The lowest BCUT2D eigenvalue weighted by Crippen LogP contribution is -2.21. The predicted octanol–water partition coefficient (Wildman–Crippen LogP) is 3.72. The lowest BCUT2D eigenvalue weighted by atomic mass is 9.79. The summed E-state index contributed by atoms with van der Waals surface area (Å²) in [6, 6.07) is 3.45. The second-order valence-electron chi connectivity index (χ2n) is 5.73. The number of hydrogen-bond donors (Lipinski definition) is 0. The molecule has 0 heterocycles. The van der Waals surface area contributed by atoms with E-state index in [1.54, 1.807) is 33.5 Å². The molecule has 4 nitrogen and oxygen atoms in total. The Labute approximate surface area is 126 Å². The molecule has 1 aliphatic carbocycles. The van der Waals surface area contributed by atoms with Crippen molar-refractivity contribution in [2.45, 2.75) is 32.6 Å². The van der Waals surface area contributed by atoms with E-state index in [2.05, 4.69) is 6.92 Å². The maximum atomic E-state index is 12.8. The molecule has 0 unspecified atom stereocenters. The van der Waals surface area contributed by atoms with Gasteiger partial charge in [0.05, 0.1) is 26.9 Å². The van der Waals surface area contributed by atoms with Crippen LogP contribution in [0.25, 0.3) is 0 Å². The van der Waals surface area contributed by atoms with Gasteiger partial charge in [-0.3, -0.25) is 4.79 Å². The fourth-order valence-electron chi connectivity index (χ4n) is 2.96. The highest BCUT2D eigenvalue weighted by atomic mass is 16.5. The van der Waals surface area contributed by atoms with Crippen LogP contribution in [0.15, 0.2) is 12.1 Å². The van der Waals surface area contributed by atoms with Crippen molar-refractivity contribution in [2.75, 3.05) is 21.3 Å². The molecule has 1 aliphatic rings. The lowest BCUT2D eigenvalue weighted by molar-refractivity contribution is 0.0872. The Morgan fingerprint density at radius 2 is 1.43 bits per heavy atom. The normalized spacial score (nSPS) is 21.7. The van der Waals surface area contributed by atoms with Gasteiger partial charge in [-0.05, 0) is 24.8 Å². The molecule has 1 aromatic rings. The van der Waals surface area contributed by atoms with Crippen LogP contribution in [-0.4, -0.2) is 27.1 Å². The van der Waals surface area contributed by atoms with E-state index in [0.717, 1.165) is 31.6 Å². The number of ether oxygens (including phenoxy) is 3. The van der Waals surface area contributed by atoms with Gasteiger partial charge in [-0.15, -0.1) is 0 Å². The van der Waals surface area contributed by atoms with Crippen LogP contribution >= 0.6 is 0 Å². The van der Waals surface area contributed by atoms with Crippen LogP contribution in [-0.2, 0) is 0 Å². The monoisotopic (exact) mass is 292 g/mol. The van der Waals surface area contributed by atoms with Crippen molar-refractivity contribution in [2.24, 2.45) is 11.8 Å². The number of hydrogen-bond acceptors (Lipinski definition) is 4. The first-order chi connectivity index (χ1) is 10.1. The standard InChI is InChI=1S/C17H24O4/c1-11-5-7-12(8-6-11)17(18)13-9-15(20-3)16(21-4)10-14(13)19-2/h9-12H,5-8H2,1-4H3. The Morgan fingerprint density at radius 1 is 0.905 bits per heavy atom. The van der Waals surface area contributed by atoms with Crippen LogP contribution in [0, 0.1) is 11.8 Å². The molecule has 4 heteroatoms. The van der Waals surface area contributed by atoms with Crippen LogP contribution in [0.1, 0.15) is 43.0 Å². The predicted molar refractivity (Wildman–Crippen MR) is 81.6 cm³/mol. The molecule has 0 radical (unpaired) electrons. The highest BCUT2D eigenvalue weighted by Gasteiger charge is 2.28. The van der Waals surface area contributed by atoms with Gasteiger partial charge in [0.2, 0.25) is 0 Å². The molecule has 1 aromatic carbocycles. The molecule has 0 spiro atoms. The van der Waals surface area contributed by atoms with Crippen LogP contribution in [0.2, 0.25) is 0 Å². The second kappa shape index (κ2) is 6.83. The fourth-order valence-corrected chi connectivity index (χ4v) is 2.96.